The van der Waals surface area contributed by atoms with E-state index < -0.39 is 9.84 Å². The first-order valence-electron chi connectivity index (χ1n) is 10.1. The smallest absolute Gasteiger partial charge is 0.191 e. The fourth-order valence-electron chi connectivity index (χ4n) is 3.38. The van der Waals surface area contributed by atoms with E-state index in [0.717, 1.165) is 30.2 Å². The molecule has 0 fully saturated rings. The number of rotatable bonds is 8. The molecule has 0 aromatic heterocycles. The molecule has 5 nitrogen and oxygen atoms in total. The highest BCUT2D eigenvalue weighted by Gasteiger charge is 2.16. The van der Waals surface area contributed by atoms with Crippen LogP contribution in [0.2, 0.25) is 0 Å². The van der Waals surface area contributed by atoms with E-state index in [4.69, 9.17) is 0 Å². The van der Waals surface area contributed by atoms with Crippen LogP contribution >= 0.6 is 0 Å². The van der Waals surface area contributed by atoms with Crippen LogP contribution in [0.4, 0.5) is 0 Å². The second kappa shape index (κ2) is 10.4. The van der Waals surface area contributed by atoms with Crippen molar-refractivity contribution >= 4 is 15.8 Å². The molecule has 2 aromatic carbocycles. The van der Waals surface area contributed by atoms with E-state index in [1.165, 1.54) is 11.8 Å². The molecule has 0 saturated heterocycles. The number of aliphatic imine (C=N–C) groups is 1. The molecular formula is C23H33N3O2S. The van der Waals surface area contributed by atoms with Crippen molar-refractivity contribution in [3.05, 3.63) is 65.2 Å². The highest BCUT2D eigenvalue weighted by atomic mass is 32.2. The van der Waals surface area contributed by atoms with Gasteiger partial charge in [0.05, 0.1) is 11.4 Å². The molecule has 0 radical (unpaired) electrons. The summed E-state index contributed by atoms with van der Waals surface area (Å²) in [6.45, 7) is 10.4. The van der Waals surface area contributed by atoms with Gasteiger partial charge in [-0.3, -0.25) is 0 Å². The zero-order valence-corrected chi connectivity index (χ0v) is 18.9. The summed E-state index contributed by atoms with van der Waals surface area (Å²) in [6, 6.07) is 15.9. The first-order chi connectivity index (χ1) is 13.7. The lowest BCUT2D eigenvalue weighted by atomic mass is 9.88. The van der Waals surface area contributed by atoms with Crippen LogP contribution in [0.5, 0.6) is 0 Å². The zero-order valence-electron chi connectivity index (χ0n) is 18.1. The Balaban J connectivity index is 2.10. The van der Waals surface area contributed by atoms with E-state index in [1.54, 1.807) is 6.07 Å². The Morgan fingerprint density at radius 1 is 1.07 bits per heavy atom. The molecule has 0 spiro atoms. The Morgan fingerprint density at radius 2 is 1.76 bits per heavy atom. The molecule has 0 aliphatic carbocycles. The predicted molar refractivity (Wildman–Crippen MR) is 121 cm³/mol. The van der Waals surface area contributed by atoms with Crippen LogP contribution in [0.1, 0.15) is 43.4 Å². The van der Waals surface area contributed by atoms with E-state index >= 15 is 0 Å². The third-order valence-electron chi connectivity index (χ3n) is 4.92. The van der Waals surface area contributed by atoms with Crippen molar-refractivity contribution < 1.29 is 8.42 Å². The number of hydrogen-bond acceptors (Lipinski definition) is 3. The van der Waals surface area contributed by atoms with Crippen molar-refractivity contribution in [1.29, 1.82) is 0 Å². The van der Waals surface area contributed by atoms with Gasteiger partial charge in [0.25, 0.3) is 0 Å². The quantitative estimate of drug-likeness (QED) is 0.507. The molecule has 0 bridgehead atoms. The maximum atomic E-state index is 11.8. The molecule has 1 unspecified atom stereocenters. The molecule has 158 valence electrons. The lowest BCUT2D eigenvalue weighted by Gasteiger charge is -2.23. The largest absolute Gasteiger partial charge is 0.357 e. The lowest BCUT2D eigenvalue weighted by molar-refractivity contribution is 0.488. The van der Waals surface area contributed by atoms with E-state index in [1.807, 2.05) is 32.0 Å². The number of nitrogens with one attached hydrogen (secondary N) is 2. The van der Waals surface area contributed by atoms with Crippen molar-refractivity contribution in [2.24, 2.45) is 10.9 Å². The average molecular weight is 416 g/mol. The van der Waals surface area contributed by atoms with Crippen LogP contribution in [0.15, 0.2) is 58.4 Å². The fourth-order valence-corrected chi connectivity index (χ4v) is 4.34. The Hall–Kier alpha value is -2.34. The Morgan fingerprint density at radius 3 is 2.31 bits per heavy atom. The van der Waals surface area contributed by atoms with Gasteiger partial charge in [-0.05, 0) is 42.5 Å². The fraction of sp³-hybridized carbons (Fsp3) is 0.435. The van der Waals surface area contributed by atoms with Crippen molar-refractivity contribution in [1.82, 2.24) is 10.6 Å². The molecule has 0 heterocycles. The lowest BCUT2D eigenvalue weighted by Crippen LogP contribution is -2.40. The summed E-state index contributed by atoms with van der Waals surface area (Å²) >= 11 is 0. The number of hydrogen-bond donors (Lipinski definition) is 2. The molecule has 2 rings (SSSR count). The molecular weight excluding hydrogens is 382 g/mol. The van der Waals surface area contributed by atoms with Gasteiger partial charge in [-0.25, -0.2) is 13.4 Å². The number of nitrogens with zero attached hydrogens (tertiary/aromatic N) is 1. The molecule has 2 aromatic rings. The SMILES string of the molecule is CCNC(=NCc1ccc(S(C)(=O)=O)c(C)c1)NCC(c1ccccc1)C(C)C. The summed E-state index contributed by atoms with van der Waals surface area (Å²) in [5.41, 5.74) is 3.05. The number of guanidine groups is 1. The van der Waals surface area contributed by atoms with Gasteiger partial charge in [0.2, 0.25) is 0 Å². The highest BCUT2D eigenvalue weighted by Crippen LogP contribution is 2.23. The minimum Gasteiger partial charge on any atom is -0.357 e. The summed E-state index contributed by atoms with van der Waals surface area (Å²) in [7, 11) is -3.20. The average Bonchev–Trinajstić information content (AvgIpc) is 2.65. The van der Waals surface area contributed by atoms with Gasteiger partial charge >= 0.3 is 0 Å². The molecule has 0 saturated carbocycles. The van der Waals surface area contributed by atoms with E-state index in [9.17, 15) is 8.42 Å². The Kier molecular flexibility index (Phi) is 8.26. The third-order valence-corrected chi connectivity index (χ3v) is 6.18. The molecule has 0 aliphatic rings. The molecule has 6 heteroatoms. The van der Waals surface area contributed by atoms with Crippen LogP contribution in [0, 0.1) is 12.8 Å². The second-order valence-corrected chi connectivity index (χ2v) is 9.69. The Bertz CT molecular complexity index is 922. The molecule has 0 amide bonds. The summed E-state index contributed by atoms with van der Waals surface area (Å²) in [4.78, 5) is 5.06. The van der Waals surface area contributed by atoms with Gasteiger partial charge in [-0.15, -0.1) is 0 Å². The van der Waals surface area contributed by atoms with E-state index in [2.05, 4.69) is 53.7 Å². The van der Waals surface area contributed by atoms with Crippen molar-refractivity contribution in [2.75, 3.05) is 19.3 Å². The Labute approximate surface area is 175 Å². The van der Waals surface area contributed by atoms with Gasteiger partial charge in [0.1, 0.15) is 0 Å². The number of aryl methyl sites for hydroxylation is 1. The highest BCUT2D eigenvalue weighted by molar-refractivity contribution is 7.90. The first kappa shape index (κ1) is 22.9. The third kappa shape index (κ3) is 6.89. The minimum atomic E-state index is -3.20. The first-order valence-corrected chi connectivity index (χ1v) is 12.0. The summed E-state index contributed by atoms with van der Waals surface area (Å²) < 4.78 is 23.6. The summed E-state index contributed by atoms with van der Waals surface area (Å²) in [5.74, 6) is 1.65. The standard InChI is InChI=1S/C23H33N3O2S/c1-6-24-23(26-16-21(17(2)3)20-10-8-7-9-11-20)25-15-19-12-13-22(18(4)14-19)29(5,27)28/h7-14,17,21H,6,15-16H2,1-5H3,(H2,24,25,26). The van der Waals surface area contributed by atoms with Crippen molar-refractivity contribution in [3.63, 3.8) is 0 Å². The number of sulfone groups is 1. The zero-order chi connectivity index (χ0) is 21.4. The minimum absolute atomic E-state index is 0.373. The van der Waals surface area contributed by atoms with Gasteiger partial charge in [-0.1, -0.05) is 56.3 Å². The predicted octanol–water partition coefficient (Wildman–Crippen LogP) is 3.89. The van der Waals surface area contributed by atoms with Crippen molar-refractivity contribution in [3.8, 4) is 0 Å². The van der Waals surface area contributed by atoms with Crippen LogP contribution < -0.4 is 10.6 Å². The van der Waals surface area contributed by atoms with E-state index in [-0.39, 0.29) is 0 Å². The van der Waals surface area contributed by atoms with Crippen molar-refractivity contribution in [2.45, 2.75) is 45.1 Å². The summed E-state index contributed by atoms with van der Waals surface area (Å²) in [5, 5.41) is 6.76. The monoisotopic (exact) mass is 415 g/mol. The normalized spacial score (nSPS) is 13.4. The maximum absolute atomic E-state index is 11.8. The van der Waals surface area contributed by atoms with Gasteiger partial charge < -0.3 is 10.6 Å². The van der Waals surface area contributed by atoms with Crippen LogP contribution in [0.3, 0.4) is 0 Å². The van der Waals surface area contributed by atoms with Gasteiger partial charge in [0, 0.05) is 25.3 Å². The molecule has 2 N–H and O–H groups in total. The topological polar surface area (TPSA) is 70.6 Å². The second-order valence-electron chi connectivity index (χ2n) is 7.71. The summed E-state index contributed by atoms with van der Waals surface area (Å²) in [6.07, 6.45) is 1.23. The molecule has 29 heavy (non-hydrogen) atoms. The van der Waals surface area contributed by atoms with Crippen LogP contribution in [0.25, 0.3) is 0 Å². The van der Waals surface area contributed by atoms with Gasteiger partial charge in [0.15, 0.2) is 15.8 Å². The van der Waals surface area contributed by atoms with E-state index in [0.29, 0.717) is 23.3 Å². The van der Waals surface area contributed by atoms with Gasteiger partial charge in [-0.2, -0.15) is 0 Å². The van der Waals surface area contributed by atoms with Crippen LogP contribution in [-0.4, -0.2) is 33.7 Å². The molecule has 0 aliphatic heterocycles. The molecule has 1 atom stereocenters. The number of benzene rings is 2. The van der Waals surface area contributed by atoms with Crippen LogP contribution in [-0.2, 0) is 16.4 Å². The maximum Gasteiger partial charge on any atom is 0.191 e.